The molecule has 4 heteroatoms. The molecule has 4 atom stereocenters. The number of ether oxygens (including phenoxy) is 1. The molecule has 1 amide bonds. The van der Waals surface area contributed by atoms with Crippen LogP contribution in [0, 0.1) is 11.8 Å². The smallest absolute Gasteiger partial charge is 0.244 e. The summed E-state index contributed by atoms with van der Waals surface area (Å²) in [5.74, 6) is 1.15. The molecular formula is C15H28N2O2. The molecule has 1 N–H and O–H groups in total. The fourth-order valence-corrected chi connectivity index (χ4v) is 3.21. The first kappa shape index (κ1) is 14.8. The van der Waals surface area contributed by atoms with Crippen molar-refractivity contribution in [1.29, 1.82) is 0 Å². The highest BCUT2D eigenvalue weighted by Gasteiger charge is 2.50. The molecule has 0 saturated carbocycles. The van der Waals surface area contributed by atoms with Crippen LogP contribution in [0.4, 0.5) is 0 Å². The molecule has 0 aromatic heterocycles. The first-order valence-electron chi connectivity index (χ1n) is 7.59. The molecule has 0 aromatic rings. The second-order valence-corrected chi connectivity index (χ2v) is 6.60. The molecule has 2 saturated heterocycles. The van der Waals surface area contributed by atoms with Crippen molar-refractivity contribution in [3.63, 3.8) is 0 Å². The molecule has 2 aliphatic rings. The Kier molecular flexibility index (Phi) is 4.21. The van der Waals surface area contributed by atoms with Gasteiger partial charge in [-0.1, -0.05) is 20.8 Å². The van der Waals surface area contributed by atoms with Gasteiger partial charge in [0.05, 0.1) is 18.3 Å². The largest absolute Gasteiger partial charge is 0.381 e. The van der Waals surface area contributed by atoms with Gasteiger partial charge in [0.1, 0.15) is 0 Å². The summed E-state index contributed by atoms with van der Waals surface area (Å²) in [6.07, 6.45) is 2.05. The normalized spacial score (nSPS) is 37.4. The minimum Gasteiger partial charge on any atom is -0.381 e. The van der Waals surface area contributed by atoms with E-state index in [1.165, 1.54) is 0 Å². The Balaban J connectivity index is 2.21. The van der Waals surface area contributed by atoms with Crippen LogP contribution in [0.2, 0.25) is 0 Å². The van der Waals surface area contributed by atoms with Crippen molar-refractivity contribution in [3.8, 4) is 0 Å². The van der Waals surface area contributed by atoms with Crippen molar-refractivity contribution in [3.05, 3.63) is 0 Å². The lowest BCUT2D eigenvalue weighted by Gasteiger charge is -2.35. The van der Waals surface area contributed by atoms with Gasteiger partial charge in [0.15, 0.2) is 0 Å². The number of nitrogens with one attached hydrogen (secondary N) is 1. The van der Waals surface area contributed by atoms with Crippen LogP contribution in [-0.4, -0.2) is 41.8 Å². The number of amides is 1. The summed E-state index contributed by atoms with van der Waals surface area (Å²) in [4.78, 5) is 14.9. The summed E-state index contributed by atoms with van der Waals surface area (Å²) in [5.41, 5.74) is -0.400. The number of hydrogen-bond acceptors (Lipinski definition) is 3. The zero-order valence-electron chi connectivity index (χ0n) is 12.9. The van der Waals surface area contributed by atoms with E-state index in [-0.39, 0.29) is 18.1 Å². The number of hydrogen-bond donors (Lipinski definition) is 1. The Morgan fingerprint density at radius 1 is 1.47 bits per heavy atom. The monoisotopic (exact) mass is 268 g/mol. The van der Waals surface area contributed by atoms with Gasteiger partial charge >= 0.3 is 0 Å². The molecule has 0 bridgehead atoms. The Morgan fingerprint density at radius 2 is 2.16 bits per heavy atom. The van der Waals surface area contributed by atoms with E-state index in [9.17, 15) is 4.79 Å². The Bertz CT molecular complexity index is 339. The summed E-state index contributed by atoms with van der Waals surface area (Å²) < 4.78 is 5.49. The van der Waals surface area contributed by atoms with Crippen LogP contribution >= 0.6 is 0 Å². The Hall–Kier alpha value is -0.610. The van der Waals surface area contributed by atoms with Crippen molar-refractivity contribution in [1.82, 2.24) is 10.2 Å². The van der Waals surface area contributed by atoms with E-state index in [4.69, 9.17) is 4.74 Å². The number of carbonyl (C=O) groups is 1. The highest BCUT2D eigenvalue weighted by Crippen LogP contribution is 2.32. The average Bonchev–Trinajstić information content (AvgIpc) is 2.97. The minimum absolute atomic E-state index is 0.146. The standard InChI is InChI=1S/C15H28N2O2/c1-6-15(5)14(18)17(13(16-15)10(2)3)11(4)12-7-8-19-9-12/h10-13,16H,6-9H2,1-5H3. The molecule has 4 unspecified atom stereocenters. The SMILES string of the molecule is CCC1(C)NC(C(C)C)N(C(C)C2CCOC2)C1=O. The third kappa shape index (κ3) is 2.52. The van der Waals surface area contributed by atoms with Crippen LogP contribution in [0.25, 0.3) is 0 Å². The number of rotatable bonds is 4. The quantitative estimate of drug-likeness (QED) is 0.848. The lowest BCUT2D eigenvalue weighted by molar-refractivity contribution is -0.136. The minimum atomic E-state index is -0.400. The lowest BCUT2D eigenvalue weighted by atomic mass is 9.95. The van der Waals surface area contributed by atoms with E-state index in [0.717, 1.165) is 26.1 Å². The molecule has 0 radical (unpaired) electrons. The maximum atomic E-state index is 12.8. The predicted molar refractivity (Wildman–Crippen MR) is 75.7 cm³/mol. The molecule has 0 aromatic carbocycles. The van der Waals surface area contributed by atoms with Crippen LogP contribution in [0.15, 0.2) is 0 Å². The summed E-state index contributed by atoms with van der Waals surface area (Å²) >= 11 is 0. The van der Waals surface area contributed by atoms with Crippen molar-refractivity contribution in [2.24, 2.45) is 11.8 Å². The number of carbonyl (C=O) groups excluding carboxylic acids is 1. The highest BCUT2D eigenvalue weighted by atomic mass is 16.5. The van der Waals surface area contributed by atoms with E-state index in [1.54, 1.807) is 0 Å². The molecule has 0 spiro atoms. The molecule has 2 rings (SSSR count). The van der Waals surface area contributed by atoms with E-state index >= 15 is 0 Å². The third-order valence-corrected chi connectivity index (χ3v) is 4.90. The zero-order valence-corrected chi connectivity index (χ0v) is 12.9. The molecule has 2 fully saturated rings. The first-order chi connectivity index (χ1) is 8.90. The van der Waals surface area contributed by atoms with E-state index in [2.05, 4.69) is 37.9 Å². The van der Waals surface area contributed by atoms with Gasteiger partial charge in [-0.05, 0) is 32.6 Å². The molecule has 110 valence electrons. The van der Waals surface area contributed by atoms with Crippen molar-refractivity contribution >= 4 is 5.91 Å². The topological polar surface area (TPSA) is 41.6 Å². The van der Waals surface area contributed by atoms with E-state index in [0.29, 0.717) is 11.8 Å². The third-order valence-electron chi connectivity index (χ3n) is 4.90. The fraction of sp³-hybridized carbons (Fsp3) is 0.933. The average molecular weight is 268 g/mol. The Labute approximate surface area is 116 Å². The number of nitrogens with zero attached hydrogens (tertiary/aromatic N) is 1. The maximum absolute atomic E-state index is 12.8. The van der Waals surface area contributed by atoms with Crippen LogP contribution in [0.3, 0.4) is 0 Å². The summed E-state index contributed by atoms with van der Waals surface area (Å²) in [7, 11) is 0. The van der Waals surface area contributed by atoms with Crippen LogP contribution in [0.1, 0.15) is 47.5 Å². The van der Waals surface area contributed by atoms with Crippen molar-refractivity contribution < 1.29 is 9.53 Å². The van der Waals surface area contributed by atoms with Gasteiger partial charge < -0.3 is 9.64 Å². The van der Waals surface area contributed by atoms with Gasteiger partial charge in [-0.2, -0.15) is 0 Å². The fourth-order valence-electron chi connectivity index (χ4n) is 3.21. The van der Waals surface area contributed by atoms with Gasteiger partial charge in [-0.15, -0.1) is 0 Å². The molecular weight excluding hydrogens is 240 g/mol. The first-order valence-corrected chi connectivity index (χ1v) is 7.59. The summed E-state index contributed by atoms with van der Waals surface area (Å²) in [5, 5.41) is 3.56. The van der Waals surface area contributed by atoms with Gasteiger partial charge in [-0.25, -0.2) is 0 Å². The summed E-state index contributed by atoms with van der Waals surface area (Å²) in [6.45, 7) is 12.3. The Morgan fingerprint density at radius 3 is 2.63 bits per heavy atom. The van der Waals surface area contributed by atoms with Gasteiger partial charge in [0.25, 0.3) is 0 Å². The molecule has 2 heterocycles. The van der Waals surface area contributed by atoms with E-state index < -0.39 is 5.54 Å². The second-order valence-electron chi connectivity index (χ2n) is 6.60. The molecule has 0 aliphatic carbocycles. The lowest BCUT2D eigenvalue weighted by Crippen LogP contribution is -2.49. The van der Waals surface area contributed by atoms with E-state index in [1.807, 2.05) is 6.92 Å². The molecule has 19 heavy (non-hydrogen) atoms. The second kappa shape index (κ2) is 5.41. The highest BCUT2D eigenvalue weighted by molar-refractivity contribution is 5.88. The summed E-state index contributed by atoms with van der Waals surface area (Å²) in [6, 6.07) is 0.253. The molecule has 2 aliphatic heterocycles. The van der Waals surface area contributed by atoms with Crippen LogP contribution in [0.5, 0.6) is 0 Å². The maximum Gasteiger partial charge on any atom is 0.244 e. The molecule has 4 nitrogen and oxygen atoms in total. The van der Waals surface area contributed by atoms with Gasteiger partial charge in [-0.3, -0.25) is 10.1 Å². The van der Waals surface area contributed by atoms with Gasteiger partial charge in [0, 0.05) is 18.6 Å². The zero-order chi connectivity index (χ0) is 14.2. The van der Waals surface area contributed by atoms with Gasteiger partial charge in [0.2, 0.25) is 5.91 Å². The van der Waals surface area contributed by atoms with Crippen molar-refractivity contribution in [2.45, 2.75) is 65.2 Å². The van der Waals surface area contributed by atoms with Crippen molar-refractivity contribution in [2.75, 3.05) is 13.2 Å². The van der Waals surface area contributed by atoms with Crippen LogP contribution in [-0.2, 0) is 9.53 Å². The van der Waals surface area contributed by atoms with Crippen LogP contribution < -0.4 is 5.32 Å². The predicted octanol–water partition coefficient (Wildman–Crippen LogP) is 1.99.